The Labute approximate surface area is 125 Å². The molecular formula is C17H21N3O. The fraction of sp³-hybridized carbons (Fsp3) is 0.235. The lowest BCUT2D eigenvalue weighted by atomic mass is 10.1. The Balaban J connectivity index is 1.81. The number of nitrogens with two attached hydrogens (primary N) is 1. The number of para-hydroxylation sites is 1. The van der Waals surface area contributed by atoms with Crippen LogP contribution in [-0.4, -0.2) is 19.6 Å². The minimum absolute atomic E-state index is 0.455. The molecule has 4 nitrogen and oxygen atoms in total. The van der Waals surface area contributed by atoms with Crippen LogP contribution in [0, 0.1) is 0 Å². The standard InChI is InChI=1S/C17H21N3O/c1-21-16-10-6-5-9-15(16)13-20-17(18)19-12-11-14-7-3-2-4-8-14/h2-10H,11-13H2,1H3,(H3,18,19,20). The van der Waals surface area contributed by atoms with Gasteiger partial charge in [0.05, 0.1) is 13.7 Å². The second kappa shape index (κ2) is 7.94. The SMILES string of the molecule is COc1ccccc1CN=C(N)NCCc1ccccc1. The topological polar surface area (TPSA) is 59.6 Å². The van der Waals surface area contributed by atoms with E-state index in [1.54, 1.807) is 7.11 Å². The second-order valence-corrected chi connectivity index (χ2v) is 4.68. The number of rotatable bonds is 6. The van der Waals surface area contributed by atoms with E-state index < -0.39 is 0 Å². The zero-order valence-electron chi connectivity index (χ0n) is 12.3. The van der Waals surface area contributed by atoms with Crippen molar-refractivity contribution in [2.45, 2.75) is 13.0 Å². The van der Waals surface area contributed by atoms with E-state index in [4.69, 9.17) is 10.5 Å². The molecule has 0 saturated carbocycles. The first-order valence-electron chi connectivity index (χ1n) is 6.99. The van der Waals surface area contributed by atoms with Gasteiger partial charge in [-0.2, -0.15) is 0 Å². The van der Waals surface area contributed by atoms with Gasteiger partial charge in [0.15, 0.2) is 5.96 Å². The fourth-order valence-corrected chi connectivity index (χ4v) is 2.04. The van der Waals surface area contributed by atoms with Crippen molar-refractivity contribution in [2.24, 2.45) is 10.7 Å². The quantitative estimate of drug-likeness (QED) is 0.632. The molecule has 2 aromatic carbocycles. The molecule has 0 unspecified atom stereocenters. The van der Waals surface area contributed by atoms with E-state index >= 15 is 0 Å². The zero-order chi connectivity index (χ0) is 14.9. The van der Waals surface area contributed by atoms with Crippen LogP contribution in [0.2, 0.25) is 0 Å². The summed E-state index contributed by atoms with van der Waals surface area (Å²) in [5.74, 6) is 1.29. The maximum atomic E-state index is 5.88. The molecule has 2 aromatic rings. The van der Waals surface area contributed by atoms with E-state index in [1.807, 2.05) is 42.5 Å². The molecule has 0 atom stereocenters. The molecule has 0 aliphatic rings. The first-order chi connectivity index (χ1) is 10.3. The van der Waals surface area contributed by atoms with Crippen LogP contribution < -0.4 is 15.8 Å². The van der Waals surface area contributed by atoms with Crippen molar-refractivity contribution in [1.82, 2.24) is 5.32 Å². The van der Waals surface area contributed by atoms with Crippen LogP contribution >= 0.6 is 0 Å². The van der Waals surface area contributed by atoms with Crippen LogP contribution in [-0.2, 0) is 13.0 Å². The third-order valence-corrected chi connectivity index (χ3v) is 3.17. The van der Waals surface area contributed by atoms with Gasteiger partial charge in [-0.25, -0.2) is 4.99 Å². The van der Waals surface area contributed by atoms with Gasteiger partial charge in [-0.05, 0) is 18.1 Å². The molecule has 110 valence electrons. The molecule has 4 heteroatoms. The van der Waals surface area contributed by atoms with Gasteiger partial charge >= 0.3 is 0 Å². The fourth-order valence-electron chi connectivity index (χ4n) is 2.04. The smallest absolute Gasteiger partial charge is 0.188 e. The predicted octanol–water partition coefficient (Wildman–Crippen LogP) is 2.34. The third kappa shape index (κ3) is 4.84. The Hall–Kier alpha value is -2.49. The Morgan fingerprint density at radius 2 is 1.81 bits per heavy atom. The summed E-state index contributed by atoms with van der Waals surface area (Å²) in [6, 6.07) is 18.1. The van der Waals surface area contributed by atoms with Gasteiger partial charge in [-0.1, -0.05) is 48.5 Å². The number of benzene rings is 2. The van der Waals surface area contributed by atoms with E-state index in [0.717, 1.165) is 24.3 Å². The first kappa shape index (κ1) is 14.9. The predicted molar refractivity (Wildman–Crippen MR) is 86.5 cm³/mol. The Morgan fingerprint density at radius 3 is 2.57 bits per heavy atom. The lowest BCUT2D eigenvalue weighted by Gasteiger charge is -2.08. The molecular weight excluding hydrogens is 262 g/mol. The summed E-state index contributed by atoms with van der Waals surface area (Å²) in [6.45, 7) is 1.28. The van der Waals surface area contributed by atoms with Crippen molar-refractivity contribution in [3.8, 4) is 5.75 Å². The van der Waals surface area contributed by atoms with Crippen molar-refractivity contribution in [2.75, 3.05) is 13.7 Å². The molecule has 2 rings (SSSR count). The summed E-state index contributed by atoms with van der Waals surface area (Å²) in [4.78, 5) is 4.34. The van der Waals surface area contributed by atoms with Gasteiger partial charge in [0.25, 0.3) is 0 Å². The van der Waals surface area contributed by atoms with Gasteiger partial charge in [0, 0.05) is 12.1 Å². The van der Waals surface area contributed by atoms with Crippen molar-refractivity contribution in [3.05, 3.63) is 65.7 Å². The molecule has 0 heterocycles. The van der Waals surface area contributed by atoms with Crippen molar-refractivity contribution in [1.29, 1.82) is 0 Å². The van der Waals surface area contributed by atoms with Crippen molar-refractivity contribution >= 4 is 5.96 Å². The minimum atomic E-state index is 0.455. The van der Waals surface area contributed by atoms with E-state index in [0.29, 0.717) is 12.5 Å². The molecule has 0 saturated heterocycles. The molecule has 0 aliphatic carbocycles. The van der Waals surface area contributed by atoms with Gasteiger partial charge in [-0.15, -0.1) is 0 Å². The van der Waals surface area contributed by atoms with Crippen LogP contribution in [0.4, 0.5) is 0 Å². The van der Waals surface area contributed by atoms with Crippen LogP contribution in [0.3, 0.4) is 0 Å². The molecule has 3 N–H and O–H groups in total. The Morgan fingerprint density at radius 1 is 1.10 bits per heavy atom. The first-order valence-corrected chi connectivity index (χ1v) is 6.99. The molecule has 0 aliphatic heterocycles. The summed E-state index contributed by atoms with van der Waals surface area (Å²) in [7, 11) is 1.66. The normalized spacial score (nSPS) is 11.2. The second-order valence-electron chi connectivity index (χ2n) is 4.68. The number of nitrogens with one attached hydrogen (secondary N) is 1. The molecule has 0 radical (unpaired) electrons. The van der Waals surface area contributed by atoms with E-state index in [1.165, 1.54) is 5.56 Å². The monoisotopic (exact) mass is 283 g/mol. The van der Waals surface area contributed by atoms with Gasteiger partial charge in [0.1, 0.15) is 5.75 Å². The number of aliphatic imine (C=N–C) groups is 1. The summed E-state index contributed by atoms with van der Waals surface area (Å²) in [6.07, 6.45) is 0.922. The third-order valence-electron chi connectivity index (χ3n) is 3.17. The molecule has 0 amide bonds. The molecule has 21 heavy (non-hydrogen) atoms. The van der Waals surface area contributed by atoms with Crippen molar-refractivity contribution < 1.29 is 4.74 Å². The highest BCUT2D eigenvalue weighted by Gasteiger charge is 2.00. The Kier molecular flexibility index (Phi) is 5.64. The minimum Gasteiger partial charge on any atom is -0.496 e. The number of ether oxygens (including phenoxy) is 1. The Bertz CT molecular complexity index is 582. The number of hydrogen-bond donors (Lipinski definition) is 2. The largest absolute Gasteiger partial charge is 0.496 e. The zero-order valence-corrected chi connectivity index (χ0v) is 12.3. The number of methoxy groups -OCH3 is 1. The summed E-state index contributed by atoms with van der Waals surface area (Å²) in [5.41, 5.74) is 8.18. The highest BCUT2D eigenvalue weighted by atomic mass is 16.5. The maximum absolute atomic E-state index is 5.88. The highest BCUT2D eigenvalue weighted by molar-refractivity contribution is 5.77. The van der Waals surface area contributed by atoms with Gasteiger partial charge < -0.3 is 15.8 Å². The van der Waals surface area contributed by atoms with Crippen molar-refractivity contribution in [3.63, 3.8) is 0 Å². The average Bonchev–Trinajstić information content (AvgIpc) is 2.54. The van der Waals surface area contributed by atoms with E-state index in [-0.39, 0.29) is 0 Å². The number of hydrogen-bond acceptors (Lipinski definition) is 2. The molecule has 0 fully saturated rings. The average molecular weight is 283 g/mol. The summed E-state index contributed by atoms with van der Waals surface area (Å²) >= 11 is 0. The van der Waals surface area contributed by atoms with E-state index in [9.17, 15) is 0 Å². The molecule has 0 aromatic heterocycles. The molecule has 0 spiro atoms. The number of nitrogens with zero attached hydrogens (tertiary/aromatic N) is 1. The van der Waals surface area contributed by atoms with Crippen LogP contribution in [0.15, 0.2) is 59.6 Å². The van der Waals surface area contributed by atoms with Crippen LogP contribution in [0.5, 0.6) is 5.75 Å². The van der Waals surface area contributed by atoms with Gasteiger partial charge in [0.2, 0.25) is 0 Å². The van der Waals surface area contributed by atoms with Gasteiger partial charge in [-0.3, -0.25) is 0 Å². The van der Waals surface area contributed by atoms with E-state index in [2.05, 4.69) is 22.4 Å². The van der Waals surface area contributed by atoms with Crippen LogP contribution in [0.25, 0.3) is 0 Å². The lowest BCUT2D eigenvalue weighted by Crippen LogP contribution is -2.33. The summed E-state index contributed by atoms with van der Waals surface area (Å²) in [5, 5.41) is 3.13. The highest BCUT2D eigenvalue weighted by Crippen LogP contribution is 2.17. The number of guanidine groups is 1. The lowest BCUT2D eigenvalue weighted by molar-refractivity contribution is 0.410. The summed E-state index contributed by atoms with van der Waals surface area (Å²) < 4.78 is 5.29. The maximum Gasteiger partial charge on any atom is 0.188 e. The molecule has 0 bridgehead atoms. The van der Waals surface area contributed by atoms with Crippen LogP contribution in [0.1, 0.15) is 11.1 Å².